The largest absolute Gasteiger partial charge is 0.399 e. The predicted molar refractivity (Wildman–Crippen MR) is 106 cm³/mol. The number of non-ortho nitro benzene ring substituents is 1. The fourth-order valence-corrected chi connectivity index (χ4v) is 4.76. The van der Waals surface area contributed by atoms with Gasteiger partial charge in [0.1, 0.15) is 6.07 Å². The molecule has 0 radical (unpaired) electrons. The molecule has 2 aliphatic carbocycles. The maximum absolute atomic E-state index is 11.3. The van der Waals surface area contributed by atoms with Crippen molar-refractivity contribution in [3.8, 4) is 18.2 Å². The second-order valence-corrected chi connectivity index (χ2v) is 7.79. The van der Waals surface area contributed by atoms with Crippen molar-refractivity contribution in [2.45, 2.75) is 32.1 Å². The van der Waals surface area contributed by atoms with E-state index >= 15 is 0 Å². The molecule has 0 bridgehead atoms. The first-order chi connectivity index (χ1) is 13.8. The molecule has 3 rings (SSSR count). The SMILES string of the molecule is CCC1CC=C2C(C#N)=C(N)C(C#N)(C#N)[C@H](c3cc([N+](=O)[O-])ccc3Cl)[C@H]2C1. The zero-order valence-corrected chi connectivity index (χ0v) is 16.5. The van der Waals surface area contributed by atoms with Gasteiger partial charge in [-0.2, -0.15) is 15.8 Å². The molecule has 0 saturated heterocycles. The number of hydrogen-bond donors (Lipinski definition) is 1. The van der Waals surface area contributed by atoms with Crippen LogP contribution in [0.5, 0.6) is 0 Å². The summed E-state index contributed by atoms with van der Waals surface area (Å²) < 4.78 is 0. The molecular weight excluding hydrogens is 390 g/mol. The molecule has 8 heteroatoms. The fraction of sp³-hybridized carbons (Fsp3) is 0.381. The number of rotatable bonds is 3. The number of hydrogen-bond acceptors (Lipinski definition) is 6. The molecule has 0 saturated carbocycles. The van der Waals surface area contributed by atoms with Gasteiger partial charge in [0.05, 0.1) is 28.3 Å². The van der Waals surface area contributed by atoms with E-state index in [1.54, 1.807) is 0 Å². The highest BCUT2D eigenvalue weighted by molar-refractivity contribution is 6.31. The number of fused-ring (bicyclic) bond motifs is 1. The first-order valence-corrected chi connectivity index (χ1v) is 9.59. The molecule has 7 nitrogen and oxygen atoms in total. The van der Waals surface area contributed by atoms with E-state index < -0.39 is 16.3 Å². The van der Waals surface area contributed by atoms with Crippen molar-refractivity contribution in [1.82, 2.24) is 0 Å². The van der Waals surface area contributed by atoms with Crippen LogP contribution in [0.4, 0.5) is 5.69 Å². The third-order valence-corrected chi connectivity index (χ3v) is 6.42. The third kappa shape index (κ3) is 3.03. The van der Waals surface area contributed by atoms with Crippen LogP contribution >= 0.6 is 11.6 Å². The normalized spacial score (nSPS) is 25.1. The number of halogens is 1. The first-order valence-electron chi connectivity index (χ1n) is 9.21. The average molecular weight is 408 g/mol. The minimum atomic E-state index is -1.85. The molecule has 2 aliphatic rings. The van der Waals surface area contributed by atoms with Gasteiger partial charge in [0.25, 0.3) is 5.69 Å². The Hall–Kier alpha value is -3.34. The number of nitro groups is 1. The lowest BCUT2D eigenvalue weighted by Gasteiger charge is -2.45. The molecule has 0 spiro atoms. The molecule has 0 heterocycles. The van der Waals surface area contributed by atoms with Gasteiger partial charge in [-0.05, 0) is 41.9 Å². The smallest absolute Gasteiger partial charge is 0.269 e. The van der Waals surface area contributed by atoms with Crippen LogP contribution < -0.4 is 5.73 Å². The highest BCUT2D eigenvalue weighted by Crippen LogP contribution is 2.57. The number of benzene rings is 1. The Labute approximate surface area is 173 Å². The summed E-state index contributed by atoms with van der Waals surface area (Å²) in [5.74, 6) is -0.880. The van der Waals surface area contributed by atoms with Gasteiger partial charge in [-0.25, -0.2) is 0 Å². The van der Waals surface area contributed by atoms with Crippen LogP contribution in [0, 0.1) is 61.4 Å². The minimum absolute atomic E-state index is 0.116. The highest BCUT2D eigenvalue weighted by atomic mass is 35.5. The van der Waals surface area contributed by atoms with Gasteiger partial charge in [-0.1, -0.05) is 31.0 Å². The van der Waals surface area contributed by atoms with E-state index in [2.05, 4.69) is 13.0 Å². The van der Waals surface area contributed by atoms with E-state index in [-0.39, 0.29) is 27.9 Å². The summed E-state index contributed by atoms with van der Waals surface area (Å²) in [5, 5.41) is 41.4. The summed E-state index contributed by atoms with van der Waals surface area (Å²) in [7, 11) is 0. The first kappa shape index (κ1) is 20.4. The van der Waals surface area contributed by atoms with Crippen molar-refractivity contribution in [2.24, 2.45) is 23.0 Å². The van der Waals surface area contributed by atoms with Crippen LogP contribution in [0.25, 0.3) is 0 Å². The minimum Gasteiger partial charge on any atom is -0.399 e. The molecule has 0 aliphatic heterocycles. The maximum atomic E-state index is 11.3. The van der Waals surface area contributed by atoms with Gasteiger partial charge in [0.2, 0.25) is 0 Å². The van der Waals surface area contributed by atoms with Gasteiger partial charge in [0, 0.05) is 23.1 Å². The van der Waals surface area contributed by atoms with Crippen molar-refractivity contribution in [2.75, 3.05) is 0 Å². The summed E-state index contributed by atoms with van der Waals surface area (Å²) >= 11 is 6.41. The van der Waals surface area contributed by atoms with Crippen LogP contribution in [0.1, 0.15) is 37.7 Å². The van der Waals surface area contributed by atoms with Gasteiger partial charge in [-0.15, -0.1) is 0 Å². The number of nitrogens with zero attached hydrogens (tertiary/aromatic N) is 4. The fourth-order valence-electron chi connectivity index (χ4n) is 4.53. The molecular formula is C21H18ClN5O2. The van der Waals surface area contributed by atoms with Crippen molar-refractivity contribution in [3.05, 3.63) is 61.8 Å². The summed E-state index contributed by atoms with van der Waals surface area (Å²) in [6.07, 6.45) is 4.24. The van der Waals surface area contributed by atoms with Crippen LogP contribution in [0.2, 0.25) is 5.02 Å². The second kappa shape index (κ2) is 7.59. The Morgan fingerprint density at radius 1 is 1.34 bits per heavy atom. The summed E-state index contributed by atoms with van der Waals surface area (Å²) in [6.45, 7) is 2.05. The van der Waals surface area contributed by atoms with Crippen LogP contribution in [0.3, 0.4) is 0 Å². The van der Waals surface area contributed by atoms with E-state index in [4.69, 9.17) is 17.3 Å². The molecule has 1 unspecified atom stereocenters. The van der Waals surface area contributed by atoms with Crippen LogP contribution in [-0.4, -0.2) is 4.92 Å². The zero-order valence-electron chi connectivity index (χ0n) is 15.7. The van der Waals surface area contributed by atoms with Crippen molar-refractivity contribution in [3.63, 3.8) is 0 Å². The monoisotopic (exact) mass is 407 g/mol. The highest BCUT2D eigenvalue weighted by Gasteiger charge is 2.55. The molecule has 0 fully saturated rings. The lowest BCUT2D eigenvalue weighted by Crippen LogP contribution is -2.43. The van der Waals surface area contributed by atoms with Crippen LogP contribution in [-0.2, 0) is 0 Å². The van der Waals surface area contributed by atoms with Gasteiger partial charge >= 0.3 is 0 Å². The topological polar surface area (TPSA) is 141 Å². The van der Waals surface area contributed by atoms with Gasteiger partial charge < -0.3 is 5.73 Å². The molecule has 0 aromatic heterocycles. The molecule has 29 heavy (non-hydrogen) atoms. The Bertz CT molecular complexity index is 1060. The number of allylic oxidation sites excluding steroid dienone is 4. The summed E-state index contributed by atoms with van der Waals surface area (Å²) in [6, 6.07) is 10.1. The average Bonchev–Trinajstić information content (AvgIpc) is 2.73. The zero-order chi connectivity index (χ0) is 21.3. The third-order valence-electron chi connectivity index (χ3n) is 6.08. The van der Waals surface area contributed by atoms with E-state index in [1.807, 2.05) is 18.2 Å². The van der Waals surface area contributed by atoms with E-state index in [0.29, 0.717) is 23.5 Å². The van der Waals surface area contributed by atoms with Crippen molar-refractivity contribution in [1.29, 1.82) is 15.8 Å². The molecule has 1 aromatic rings. The number of nitro benzene ring substituents is 1. The van der Waals surface area contributed by atoms with Crippen LogP contribution in [0.15, 0.2) is 41.1 Å². The van der Waals surface area contributed by atoms with Crippen molar-refractivity contribution >= 4 is 17.3 Å². The van der Waals surface area contributed by atoms with Crippen molar-refractivity contribution < 1.29 is 4.92 Å². The molecule has 2 N–H and O–H groups in total. The summed E-state index contributed by atoms with van der Waals surface area (Å²) in [5.41, 5.74) is 5.27. The Morgan fingerprint density at radius 3 is 2.59 bits per heavy atom. The van der Waals surface area contributed by atoms with Gasteiger partial charge in [0.15, 0.2) is 5.41 Å². The summed E-state index contributed by atoms with van der Waals surface area (Å²) in [4.78, 5) is 10.8. The van der Waals surface area contributed by atoms with E-state index in [9.17, 15) is 25.9 Å². The Kier molecular flexibility index (Phi) is 5.33. The molecule has 1 aromatic carbocycles. The Balaban J connectivity index is 2.37. The maximum Gasteiger partial charge on any atom is 0.269 e. The molecule has 146 valence electrons. The molecule has 3 atom stereocenters. The predicted octanol–water partition coefficient (Wildman–Crippen LogP) is 4.48. The lowest BCUT2D eigenvalue weighted by atomic mass is 9.55. The van der Waals surface area contributed by atoms with E-state index in [1.165, 1.54) is 18.2 Å². The van der Waals surface area contributed by atoms with E-state index in [0.717, 1.165) is 12.8 Å². The standard InChI is InChI=1S/C21H18ClN5O2/c1-2-12-3-5-14-15(7-12)19(16-8-13(27(28)29)4-6-18(16)22)21(10-24,11-25)20(26)17(14)9-23/h4-6,8,12,15,19H,2-3,7,26H2,1H3/t12?,15-,19-/m0/s1. The second-order valence-electron chi connectivity index (χ2n) is 7.38. The van der Waals surface area contributed by atoms with Gasteiger partial charge in [-0.3, -0.25) is 10.1 Å². The quantitative estimate of drug-likeness (QED) is 0.578. The Morgan fingerprint density at radius 2 is 2.03 bits per heavy atom. The number of nitriles is 3. The molecule has 0 amide bonds. The lowest BCUT2D eigenvalue weighted by molar-refractivity contribution is -0.384. The number of nitrogens with two attached hydrogens (primary N) is 1.